The second-order valence-corrected chi connectivity index (χ2v) is 5.12. The molecule has 2 amide bonds. The topological polar surface area (TPSA) is 109 Å². The highest BCUT2D eigenvalue weighted by Gasteiger charge is 2.17. The Hall–Kier alpha value is -2.61. The van der Waals surface area contributed by atoms with Crippen LogP contribution in [0.25, 0.3) is 0 Å². The predicted octanol–water partition coefficient (Wildman–Crippen LogP) is 1.80. The lowest BCUT2D eigenvalue weighted by molar-refractivity contribution is 0.0756. The maximum atomic E-state index is 12.1. The molecule has 0 aliphatic carbocycles. The molecule has 0 aliphatic rings. The molecule has 0 saturated carbocycles. The first-order valence-electron chi connectivity index (χ1n) is 7.36. The lowest BCUT2D eigenvalue weighted by Gasteiger charge is -2.08. The number of hydrogen-bond acceptors (Lipinski definition) is 5. The van der Waals surface area contributed by atoms with E-state index in [0.29, 0.717) is 25.3 Å². The summed E-state index contributed by atoms with van der Waals surface area (Å²) >= 11 is 0. The van der Waals surface area contributed by atoms with Crippen LogP contribution in [0.5, 0.6) is 0 Å². The average Bonchev–Trinajstić information content (AvgIpc) is 3.17. The summed E-state index contributed by atoms with van der Waals surface area (Å²) in [7, 11) is 0. The van der Waals surface area contributed by atoms with Crippen LogP contribution in [0.1, 0.15) is 41.3 Å². The largest absolute Gasteiger partial charge is 0.459 e. The SMILES string of the molecule is CC(C)OCCCNC(=O)c1[nH]ncc1NC(=O)c1ccco1. The Kier molecular flexibility index (Phi) is 5.93. The van der Waals surface area contributed by atoms with Crippen LogP contribution in [-0.2, 0) is 4.74 Å². The average molecular weight is 320 g/mol. The van der Waals surface area contributed by atoms with Gasteiger partial charge in [0.05, 0.1) is 24.3 Å². The van der Waals surface area contributed by atoms with Crippen molar-refractivity contribution in [2.24, 2.45) is 0 Å². The van der Waals surface area contributed by atoms with Gasteiger partial charge in [0.15, 0.2) is 5.76 Å². The summed E-state index contributed by atoms with van der Waals surface area (Å²) in [5, 5.41) is 11.7. The number of ether oxygens (including phenoxy) is 1. The molecule has 8 heteroatoms. The molecule has 2 rings (SSSR count). The van der Waals surface area contributed by atoms with Crippen LogP contribution in [0.15, 0.2) is 29.0 Å². The molecular weight excluding hydrogens is 300 g/mol. The minimum absolute atomic E-state index is 0.156. The van der Waals surface area contributed by atoms with E-state index in [1.54, 1.807) is 6.07 Å². The van der Waals surface area contributed by atoms with Crippen LogP contribution in [0.3, 0.4) is 0 Å². The number of rotatable bonds is 8. The first-order chi connectivity index (χ1) is 11.1. The van der Waals surface area contributed by atoms with Crippen LogP contribution >= 0.6 is 0 Å². The molecule has 124 valence electrons. The van der Waals surface area contributed by atoms with Crippen molar-refractivity contribution in [2.45, 2.75) is 26.4 Å². The molecule has 23 heavy (non-hydrogen) atoms. The second-order valence-electron chi connectivity index (χ2n) is 5.12. The number of nitrogens with zero attached hydrogens (tertiary/aromatic N) is 1. The maximum Gasteiger partial charge on any atom is 0.291 e. The summed E-state index contributed by atoms with van der Waals surface area (Å²) in [5.41, 5.74) is 0.483. The van der Waals surface area contributed by atoms with Gasteiger partial charge in [-0.25, -0.2) is 0 Å². The predicted molar refractivity (Wildman–Crippen MR) is 83.3 cm³/mol. The first kappa shape index (κ1) is 16.8. The van der Waals surface area contributed by atoms with E-state index in [1.807, 2.05) is 13.8 Å². The minimum atomic E-state index is -0.448. The summed E-state index contributed by atoms with van der Waals surface area (Å²) in [5.74, 6) is -0.638. The van der Waals surface area contributed by atoms with E-state index in [9.17, 15) is 9.59 Å². The molecule has 0 bridgehead atoms. The Labute approximate surface area is 133 Å². The van der Waals surface area contributed by atoms with E-state index in [4.69, 9.17) is 9.15 Å². The molecule has 0 aliphatic heterocycles. The molecule has 0 unspecified atom stereocenters. The Morgan fingerprint density at radius 3 is 2.91 bits per heavy atom. The molecule has 0 spiro atoms. The van der Waals surface area contributed by atoms with Gasteiger partial charge in [0.25, 0.3) is 11.8 Å². The number of nitrogens with one attached hydrogen (secondary N) is 3. The number of H-pyrrole nitrogens is 1. The monoisotopic (exact) mass is 320 g/mol. The molecule has 2 aromatic heterocycles. The molecule has 0 saturated heterocycles. The zero-order valence-corrected chi connectivity index (χ0v) is 13.1. The zero-order valence-electron chi connectivity index (χ0n) is 13.1. The summed E-state index contributed by atoms with van der Waals surface area (Å²) in [6.45, 7) is 4.95. The summed E-state index contributed by atoms with van der Waals surface area (Å²) in [4.78, 5) is 24.0. The Morgan fingerprint density at radius 2 is 2.22 bits per heavy atom. The number of carbonyl (C=O) groups is 2. The van der Waals surface area contributed by atoms with E-state index in [1.165, 1.54) is 18.5 Å². The summed E-state index contributed by atoms with van der Waals surface area (Å²) < 4.78 is 10.4. The van der Waals surface area contributed by atoms with Gasteiger partial charge in [0.1, 0.15) is 5.69 Å². The number of aromatic amines is 1. The molecular formula is C15H20N4O4. The van der Waals surface area contributed by atoms with E-state index in [-0.39, 0.29) is 23.5 Å². The number of amides is 2. The lowest BCUT2D eigenvalue weighted by atomic mass is 10.3. The van der Waals surface area contributed by atoms with E-state index in [0.717, 1.165) is 0 Å². The molecule has 2 heterocycles. The molecule has 3 N–H and O–H groups in total. The Balaban J connectivity index is 1.85. The Bertz CT molecular complexity index is 634. The highest BCUT2D eigenvalue weighted by Crippen LogP contribution is 2.13. The molecule has 0 atom stereocenters. The van der Waals surface area contributed by atoms with Crippen molar-refractivity contribution >= 4 is 17.5 Å². The fraction of sp³-hybridized carbons (Fsp3) is 0.400. The quantitative estimate of drug-likeness (QED) is 0.643. The highest BCUT2D eigenvalue weighted by atomic mass is 16.5. The third kappa shape index (κ3) is 4.96. The third-order valence-electron chi connectivity index (χ3n) is 2.92. The van der Waals surface area contributed by atoms with Crippen LogP contribution in [0, 0.1) is 0 Å². The maximum absolute atomic E-state index is 12.1. The van der Waals surface area contributed by atoms with Gasteiger partial charge < -0.3 is 19.8 Å². The van der Waals surface area contributed by atoms with Crippen LogP contribution in [0.2, 0.25) is 0 Å². The molecule has 0 aromatic carbocycles. The number of furan rings is 1. The third-order valence-corrected chi connectivity index (χ3v) is 2.92. The van der Waals surface area contributed by atoms with Crippen molar-refractivity contribution in [1.29, 1.82) is 0 Å². The standard InChI is InChI=1S/C15H20N4O4/c1-10(2)22-8-4-6-16-15(21)13-11(9-17-19-13)18-14(20)12-5-3-7-23-12/h3,5,7,9-10H,4,6,8H2,1-2H3,(H,16,21)(H,17,19)(H,18,20). The smallest absolute Gasteiger partial charge is 0.291 e. The number of hydrogen-bond donors (Lipinski definition) is 3. The van der Waals surface area contributed by atoms with Crippen molar-refractivity contribution in [3.05, 3.63) is 36.0 Å². The number of anilines is 1. The van der Waals surface area contributed by atoms with Gasteiger partial charge >= 0.3 is 0 Å². The second kappa shape index (κ2) is 8.14. The van der Waals surface area contributed by atoms with Gasteiger partial charge in [-0.05, 0) is 32.4 Å². The van der Waals surface area contributed by atoms with Gasteiger partial charge in [-0.1, -0.05) is 0 Å². The molecule has 8 nitrogen and oxygen atoms in total. The lowest BCUT2D eigenvalue weighted by Crippen LogP contribution is -2.27. The van der Waals surface area contributed by atoms with E-state index >= 15 is 0 Å². The number of carbonyl (C=O) groups excluding carboxylic acids is 2. The first-order valence-corrected chi connectivity index (χ1v) is 7.36. The number of aromatic nitrogens is 2. The van der Waals surface area contributed by atoms with Crippen molar-refractivity contribution in [1.82, 2.24) is 15.5 Å². The highest BCUT2D eigenvalue weighted by molar-refractivity contribution is 6.06. The molecule has 0 fully saturated rings. The molecule has 2 aromatic rings. The van der Waals surface area contributed by atoms with Gasteiger partial charge in [-0.15, -0.1) is 0 Å². The normalized spacial score (nSPS) is 10.7. The van der Waals surface area contributed by atoms with Crippen molar-refractivity contribution < 1.29 is 18.7 Å². The van der Waals surface area contributed by atoms with E-state index < -0.39 is 5.91 Å². The van der Waals surface area contributed by atoms with Gasteiger partial charge in [-0.2, -0.15) is 5.10 Å². The summed E-state index contributed by atoms with van der Waals surface area (Å²) in [6.07, 6.45) is 3.64. The van der Waals surface area contributed by atoms with Crippen molar-refractivity contribution in [2.75, 3.05) is 18.5 Å². The minimum Gasteiger partial charge on any atom is -0.459 e. The van der Waals surface area contributed by atoms with Crippen LogP contribution in [-0.4, -0.2) is 41.3 Å². The van der Waals surface area contributed by atoms with Gasteiger partial charge in [0, 0.05) is 13.2 Å². The summed E-state index contributed by atoms with van der Waals surface area (Å²) in [6, 6.07) is 3.14. The van der Waals surface area contributed by atoms with Crippen molar-refractivity contribution in [3.63, 3.8) is 0 Å². The zero-order chi connectivity index (χ0) is 16.7. The van der Waals surface area contributed by atoms with Gasteiger partial charge in [-0.3, -0.25) is 14.7 Å². The van der Waals surface area contributed by atoms with Crippen molar-refractivity contribution in [3.8, 4) is 0 Å². The van der Waals surface area contributed by atoms with E-state index in [2.05, 4.69) is 20.8 Å². The fourth-order valence-electron chi connectivity index (χ4n) is 1.83. The van der Waals surface area contributed by atoms with Gasteiger partial charge in [0.2, 0.25) is 0 Å². The van der Waals surface area contributed by atoms with Crippen LogP contribution < -0.4 is 10.6 Å². The molecule has 0 radical (unpaired) electrons. The Morgan fingerprint density at radius 1 is 1.39 bits per heavy atom. The fourth-order valence-corrected chi connectivity index (χ4v) is 1.83. The van der Waals surface area contributed by atoms with Crippen LogP contribution in [0.4, 0.5) is 5.69 Å².